The van der Waals surface area contributed by atoms with E-state index in [4.69, 9.17) is 0 Å². The first kappa shape index (κ1) is 15.8. The zero-order valence-electron chi connectivity index (χ0n) is 13.1. The van der Waals surface area contributed by atoms with Crippen molar-refractivity contribution >= 4 is 9.24 Å². The molecule has 0 aliphatic heterocycles. The van der Waals surface area contributed by atoms with Gasteiger partial charge in [-0.15, -0.1) is 9.24 Å². The molecule has 19 heavy (non-hydrogen) atoms. The average Bonchev–Trinajstić information content (AvgIpc) is 2.44. The van der Waals surface area contributed by atoms with Crippen LogP contribution in [0, 0.1) is 23.7 Å². The zero-order valence-corrected chi connectivity index (χ0v) is 14.2. The van der Waals surface area contributed by atoms with Gasteiger partial charge in [0.15, 0.2) is 0 Å². The smallest absolute Gasteiger partial charge is 0.0378 e. The molecule has 2 rings (SSSR count). The van der Waals surface area contributed by atoms with Crippen LogP contribution in [0.3, 0.4) is 0 Å². The lowest BCUT2D eigenvalue weighted by Gasteiger charge is -2.34. The van der Waals surface area contributed by atoms with E-state index in [0.717, 1.165) is 23.7 Å². The molecule has 0 radical (unpaired) electrons. The molecule has 0 heterocycles. The Morgan fingerprint density at radius 2 is 1.11 bits per heavy atom. The molecular weight excluding hydrogens is 247 g/mol. The van der Waals surface area contributed by atoms with E-state index in [2.05, 4.69) is 16.2 Å². The standard InChI is InChI=1S/C18H35P/c1-2-3-15-4-8-17(9-5-15)14-18-10-6-16(7-11-18)12-13-19/h15-18H,2-14,19H2,1H3. The van der Waals surface area contributed by atoms with Crippen molar-refractivity contribution < 1.29 is 0 Å². The van der Waals surface area contributed by atoms with Crippen LogP contribution >= 0.6 is 9.24 Å². The first-order valence-electron chi connectivity index (χ1n) is 9.01. The first-order chi connectivity index (χ1) is 9.31. The fourth-order valence-corrected chi connectivity index (χ4v) is 5.10. The maximum absolute atomic E-state index is 2.90. The minimum atomic E-state index is 1.06. The summed E-state index contributed by atoms with van der Waals surface area (Å²) in [5.41, 5.74) is 0. The molecule has 0 bridgehead atoms. The molecule has 0 N–H and O–H groups in total. The van der Waals surface area contributed by atoms with Gasteiger partial charge >= 0.3 is 0 Å². The van der Waals surface area contributed by atoms with Gasteiger partial charge in [-0.3, -0.25) is 0 Å². The lowest BCUT2D eigenvalue weighted by atomic mass is 9.72. The molecule has 1 atom stereocenters. The summed E-state index contributed by atoms with van der Waals surface area (Å²) in [5, 5.41) is 0. The molecule has 0 spiro atoms. The normalized spacial score (nSPS) is 36.3. The molecular formula is C18H35P. The third-order valence-corrected chi connectivity index (χ3v) is 6.20. The largest absolute Gasteiger partial charge is 0.138 e. The summed E-state index contributed by atoms with van der Waals surface area (Å²) in [4.78, 5) is 0. The van der Waals surface area contributed by atoms with Gasteiger partial charge in [-0.1, -0.05) is 71.1 Å². The summed E-state index contributed by atoms with van der Waals surface area (Å²) in [5.74, 6) is 4.33. The van der Waals surface area contributed by atoms with Crippen LogP contribution in [0.25, 0.3) is 0 Å². The highest BCUT2D eigenvalue weighted by molar-refractivity contribution is 7.16. The van der Waals surface area contributed by atoms with Crippen molar-refractivity contribution in [3.05, 3.63) is 0 Å². The number of rotatable bonds is 6. The lowest BCUT2D eigenvalue weighted by molar-refractivity contribution is 0.187. The van der Waals surface area contributed by atoms with Gasteiger partial charge in [0.1, 0.15) is 0 Å². The Morgan fingerprint density at radius 3 is 1.53 bits per heavy atom. The maximum atomic E-state index is 2.90. The Morgan fingerprint density at radius 1 is 0.684 bits per heavy atom. The average molecular weight is 282 g/mol. The van der Waals surface area contributed by atoms with Crippen molar-refractivity contribution in [2.24, 2.45) is 23.7 Å². The Kier molecular flexibility index (Phi) is 7.21. The van der Waals surface area contributed by atoms with Gasteiger partial charge in [-0.2, -0.15) is 0 Å². The highest BCUT2D eigenvalue weighted by atomic mass is 31.0. The van der Waals surface area contributed by atoms with Crippen molar-refractivity contribution in [3.8, 4) is 0 Å². The van der Waals surface area contributed by atoms with Gasteiger partial charge in [0.2, 0.25) is 0 Å². The molecule has 2 aliphatic carbocycles. The molecule has 2 fully saturated rings. The van der Waals surface area contributed by atoms with Gasteiger partial charge < -0.3 is 0 Å². The summed E-state index contributed by atoms with van der Waals surface area (Å²) >= 11 is 0. The highest BCUT2D eigenvalue weighted by Crippen LogP contribution is 2.39. The third-order valence-electron chi connectivity index (χ3n) is 5.87. The molecule has 0 aromatic rings. The van der Waals surface area contributed by atoms with Crippen LogP contribution in [-0.2, 0) is 0 Å². The van der Waals surface area contributed by atoms with Gasteiger partial charge in [-0.25, -0.2) is 0 Å². The maximum Gasteiger partial charge on any atom is -0.0378 e. The third kappa shape index (κ3) is 5.37. The van der Waals surface area contributed by atoms with Crippen LogP contribution in [0.2, 0.25) is 0 Å². The van der Waals surface area contributed by atoms with E-state index in [1.807, 2.05) is 0 Å². The summed E-state index contributed by atoms with van der Waals surface area (Å²) in [6.07, 6.45) is 19.6. The van der Waals surface area contributed by atoms with Crippen LogP contribution in [0.4, 0.5) is 0 Å². The molecule has 0 aromatic carbocycles. The van der Waals surface area contributed by atoms with Crippen LogP contribution in [-0.4, -0.2) is 6.16 Å². The monoisotopic (exact) mass is 282 g/mol. The van der Waals surface area contributed by atoms with Crippen LogP contribution in [0.1, 0.15) is 84.0 Å². The minimum Gasteiger partial charge on any atom is -0.138 e. The Hall–Kier alpha value is 0.430. The second-order valence-electron chi connectivity index (χ2n) is 7.38. The summed E-state index contributed by atoms with van der Waals surface area (Å²) in [6.45, 7) is 2.35. The molecule has 0 saturated heterocycles. The predicted octanol–water partition coefficient (Wildman–Crippen LogP) is 6.05. The Bertz CT molecular complexity index is 198. The van der Waals surface area contributed by atoms with Crippen LogP contribution in [0.5, 0.6) is 0 Å². The molecule has 0 nitrogen and oxygen atoms in total. The summed E-state index contributed by atoms with van der Waals surface area (Å²) < 4.78 is 0. The fourth-order valence-electron chi connectivity index (χ4n) is 4.63. The Labute approximate surface area is 123 Å². The van der Waals surface area contributed by atoms with Crippen molar-refractivity contribution in [2.75, 3.05) is 6.16 Å². The van der Waals surface area contributed by atoms with E-state index < -0.39 is 0 Å². The van der Waals surface area contributed by atoms with Crippen LogP contribution in [0.15, 0.2) is 0 Å². The summed E-state index contributed by atoms with van der Waals surface area (Å²) in [6, 6.07) is 0. The van der Waals surface area contributed by atoms with E-state index >= 15 is 0 Å². The van der Waals surface area contributed by atoms with Gasteiger partial charge in [-0.05, 0) is 42.7 Å². The van der Waals surface area contributed by atoms with Crippen molar-refractivity contribution in [1.82, 2.24) is 0 Å². The van der Waals surface area contributed by atoms with Gasteiger partial charge in [0.05, 0.1) is 0 Å². The van der Waals surface area contributed by atoms with Gasteiger partial charge in [0.25, 0.3) is 0 Å². The van der Waals surface area contributed by atoms with Crippen molar-refractivity contribution in [2.45, 2.75) is 84.0 Å². The molecule has 2 saturated carbocycles. The van der Waals surface area contributed by atoms with Gasteiger partial charge in [0, 0.05) is 0 Å². The molecule has 0 amide bonds. The van der Waals surface area contributed by atoms with Crippen LogP contribution < -0.4 is 0 Å². The quantitative estimate of drug-likeness (QED) is 0.520. The molecule has 0 aromatic heterocycles. The SMILES string of the molecule is CCCC1CCC(CC2CCC(CCP)CC2)CC1. The second-order valence-corrected chi connectivity index (χ2v) is 7.95. The lowest BCUT2D eigenvalue weighted by Crippen LogP contribution is -2.21. The minimum absolute atomic E-state index is 1.06. The molecule has 1 heteroatoms. The zero-order chi connectivity index (χ0) is 13.5. The first-order valence-corrected chi connectivity index (χ1v) is 9.83. The van der Waals surface area contributed by atoms with Crippen molar-refractivity contribution in [3.63, 3.8) is 0 Å². The van der Waals surface area contributed by atoms with Crippen molar-refractivity contribution in [1.29, 1.82) is 0 Å². The van der Waals surface area contributed by atoms with E-state index in [-0.39, 0.29) is 0 Å². The number of hydrogen-bond acceptors (Lipinski definition) is 0. The highest BCUT2D eigenvalue weighted by Gasteiger charge is 2.26. The topological polar surface area (TPSA) is 0 Å². The Balaban J connectivity index is 1.61. The fraction of sp³-hybridized carbons (Fsp3) is 1.00. The molecule has 1 unspecified atom stereocenters. The predicted molar refractivity (Wildman–Crippen MR) is 89.6 cm³/mol. The van der Waals surface area contributed by atoms with E-state index in [1.165, 1.54) is 38.3 Å². The molecule has 112 valence electrons. The summed E-state index contributed by atoms with van der Waals surface area (Å²) in [7, 11) is 2.90. The second kappa shape index (κ2) is 8.66. The molecule has 2 aliphatic rings. The van der Waals surface area contributed by atoms with E-state index in [0.29, 0.717) is 0 Å². The van der Waals surface area contributed by atoms with E-state index in [1.54, 1.807) is 44.9 Å². The number of hydrogen-bond donors (Lipinski definition) is 0. The van der Waals surface area contributed by atoms with E-state index in [9.17, 15) is 0 Å².